The molecule has 6 heteroatoms. The lowest BCUT2D eigenvalue weighted by Gasteiger charge is -2.26. The van der Waals surface area contributed by atoms with Crippen LogP contribution >= 0.6 is 0 Å². The van der Waals surface area contributed by atoms with Gasteiger partial charge in [-0.15, -0.1) is 0 Å². The molecule has 0 bridgehead atoms. The highest BCUT2D eigenvalue weighted by molar-refractivity contribution is 5.79. The number of nitrogens with zero attached hydrogens (tertiary/aromatic N) is 4. The zero-order valence-electron chi connectivity index (χ0n) is 15.0. The van der Waals surface area contributed by atoms with Crippen LogP contribution < -0.4 is 10.6 Å². The van der Waals surface area contributed by atoms with Gasteiger partial charge < -0.3 is 15.5 Å². The molecule has 25 heavy (non-hydrogen) atoms. The number of guanidine groups is 1. The van der Waals surface area contributed by atoms with Crippen molar-refractivity contribution in [2.45, 2.75) is 25.8 Å². The molecule has 0 saturated carbocycles. The largest absolute Gasteiger partial charge is 0.355 e. The number of hydrogen-bond donors (Lipinski definition) is 2. The maximum atomic E-state index is 4.60. The topological polar surface area (TPSA) is 57.5 Å². The lowest BCUT2D eigenvalue weighted by atomic mass is 10.1. The summed E-state index contributed by atoms with van der Waals surface area (Å²) in [6, 6.07) is 12.2. The van der Waals surface area contributed by atoms with Gasteiger partial charge >= 0.3 is 0 Å². The molecule has 1 aliphatic heterocycles. The van der Waals surface area contributed by atoms with Gasteiger partial charge in [0.1, 0.15) is 0 Å². The summed E-state index contributed by atoms with van der Waals surface area (Å²) in [5.41, 5.74) is 2.06. The summed E-state index contributed by atoms with van der Waals surface area (Å²) in [5, 5.41) is 11.3. The number of likely N-dealkylation sites (tertiary alicyclic amines) is 1. The zero-order valence-corrected chi connectivity index (χ0v) is 15.0. The van der Waals surface area contributed by atoms with Crippen LogP contribution in [0, 0.1) is 0 Å². The standard InChI is InChI=1S/C19H28N6/c1-20-19(21-11-15-24-12-6-3-7-13-24)22-16-17-10-14-25(23-17)18-8-4-2-5-9-18/h2,4-5,8-10,14H,3,6-7,11-13,15-16H2,1H3,(H2,20,21,22). The predicted molar refractivity (Wildman–Crippen MR) is 102 cm³/mol. The molecule has 1 saturated heterocycles. The van der Waals surface area contributed by atoms with Crippen molar-refractivity contribution in [3.8, 4) is 5.69 Å². The van der Waals surface area contributed by atoms with Gasteiger partial charge in [0.05, 0.1) is 17.9 Å². The highest BCUT2D eigenvalue weighted by atomic mass is 15.3. The molecule has 1 aliphatic rings. The maximum absolute atomic E-state index is 4.60. The second kappa shape index (κ2) is 9.22. The molecule has 0 radical (unpaired) electrons. The number of aliphatic imine (C=N–C) groups is 1. The van der Waals surface area contributed by atoms with Crippen LogP contribution in [0.1, 0.15) is 25.0 Å². The number of nitrogens with one attached hydrogen (secondary N) is 2. The third-order valence-corrected chi connectivity index (χ3v) is 4.49. The normalized spacial score (nSPS) is 16.0. The number of para-hydroxylation sites is 1. The Balaban J connectivity index is 1.43. The Labute approximate surface area is 149 Å². The summed E-state index contributed by atoms with van der Waals surface area (Å²) < 4.78 is 1.89. The van der Waals surface area contributed by atoms with E-state index in [0.29, 0.717) is 6.54 Å². The molecule has 1 aromatic carbocycles. The summed E-state index contributed by atoms with van der Waals surface area (Å²) in [4.78, 5) is 6.81. The Hall–Kier alpha value is -2.34. The minimum Gasteiger partial charge on any atom is -0.355 e. The minimum absolute atomic E-state index is 0.656. The van der Waals surface area contributed by atoms with Gasteiger partial charge in [0.15, 0.2) is 5.96 Å². The first-order valence-corrected chi connectivity index (χ1v) is 9.12. The van der Waals surface area contributed by atoms with Crippen molar-refractivity contribution in [2.24, 2.45) is 4.99 Å². The molecule has 6 nitrogen and oxygen atoms in total. The van der Waals surface area contributed by atoms with Crippen LogP contribution in [0.2, 0.25) is 0 Å². The molecule has 0 atom stereocenters. The average Bonchev–Trinajstić information content (AvgIpc) is 3.15. The molecule has 0 spiro atoms. The molecule has 0 amide bonds. The van der Waals surface area contributed by atoms with Gasteiger partial charge in [0, 0.05) is 26.3 Å². The SMILES string of the molecule is CN=C(NCCN1CCCCC1)NCc1ccn(-c2ccccc2)n1. The molecule has 0 aliphatic carbocycles. The van der Waals surface area contributed by atoms with E-state index in [1.807, 2.05) is 47.3 Å². The molecule has 134 valence electrons. The first-order valence-electron chi connectivity index (χ1n) is 9.12. The van der Waals surface area contributed by atoms with Crippen molar-refractivity contribution in [3.63, 3.8) is 0 Å². The fourth-order valence-corrected chi connectivity index (χ4v) is 3.09. The number of piperidine rings is 1. The van der Waals surface area contributed by atoms with Crippen LogP contribution in [0.25, 0.3) is 5.69 Å². The van der Waals surface area contributed by atoms with Crippen molar-refractivity contribution in [2.75, 3.05) is 33.2 Å². The quantitative estimate of drug-likeness (QED) is 0.624. The van der Waals surface area contributed by atoms with Gasteiger partial charge in [-0.25, -0.2) is 4.68 Å². The van der Waals surface area contributed by atoms with E-state index in [1.165, 1.54) is 32.4 Å². The monoisotopic (exact) mass is 340 g/mol. The molecule has 2 aromatic rings. The Morgan fingerprint density at radius 1 is 1.08 bits per heavy atom. The van der Waals surface area contributed by atoms with Gasteiger partial charge in [-0.2, -0.15) is 5.10 Å². The van der Waals surface area contributed by atoms with Crippen LogP contribution in [-0.2, 0) is 6.54 Å². The molecule has 0 unspecified atom stereocenters. The summed E-state index contributed by atoms with van der Waals surface area (Å²) in [5.74, 6) is 0.825. The number of aromatic nitrogens is 2. The van der Waals surface area contributed by atoms with Gasteiger partial charge in [0.25, 0.3) is 0 Å². The van der Waals surface area contributed by atoms with Crippen molar-refractivity contribution < 1.29 is 0 Å². The second-order valence-electron chi connectivity index (χ2n) is 6.34. The van der Waals surface area contributed by atoms with Gasteiger partial charge in [-0.05, 0) is 44.1 Å². The summed E-state index contributed by atoms with van der Waals surface area (Å²) >= 11 is 0. The number of hydrogen-bond acceptors (Lipinski definition) is 3. The predicted octanol–water partition coefficient (Wildman–Crippen LogP) is 2.02. The number of rotatable bonds is 6. The van der Waals surface area contributed by atoms with E-state index in [-0.39, 0.29) is 0 Å². The lowest BCUT2D eigenvalue weighted by molar-refractivity contribution is 0.232. The summed E-state index contributed by atoms with van der Waals surface area (Å²) in [6.45, 7) is 5.10. The third kappa shape index (κ3) is 5.32. The van der Waals surface area contributed by atoms with Gasteiger partial charge in [-0.3, -0.25) is 4.99 Å². The Bertz CT molecular complexity index is 658. The van der Waals surface area contributed by atoms with Crippen LogP contribution in [0.5, 0.6) is 0 Å². The van der Waals surface area contributed by atoms with Crippen LogP contribution in [0.3, 0.4) is 0 Å². The molecule has 1 fully saturated rings. The Morgan fingerprint density at radius 3 is 2.64 bits per heavy atom. The Kier molecular flexibility index (Phi) is 6.45. The molecule has 2 heterocycles. The van der Waals surface area contributed by atoms with E-state index in [4.69, 9.17) is 0 Å². The fourth-order valence-electron chi connectivity index (χ4n) is 3.09. The minimum atomic E-state index is 0.656. The molecule has 1 aromatic heterocycles. The number of benzene rings is 1. The van der Waals surface area contributed by atoms with Crippen LogP contribution in [-0.4, -0.2) is 53.9 Å². The van der Waals surface area contributed by atoms with Crippen molar-refractivity contribution in [1.82, 2.24) is 25.3 Å². The van der Waals surface area contributed by atoms with Gasteiger partial charge in [-0.1, -0.05) is 24.6 Å². The maximum Gasteiger partial charge on any atom is 0.191 e. The smallest absolute Gasteiger partial charge is 0.191 e. The molecule has 3 rings (SSSR count). The average molecular weight is 340 g/mol. The molecule has 2 N–H and O–H groups in total. The van der Waals surface area contributed by atoms with Crippen molar-refractivity contribution in [1.29, 1.82) is 0 Å². The van der Waals surface area contributed by atoms with Gasteiger partial charge in [0.2, 0.25) is 0 Å². The lowest BCUT2D eigenvalue weighted by Crippen LogP contribution is -2.42. The second-order valence-corrected chi connectivity index (χ2v) is 6.34. The first kappa shape index (κ1) is 17.5. The van der Waals surface area contributed by atoms with Crippen molar-refractivity contribution in [3.05, 3.63) is 48.3 Å². The van der Waals surface area contributed by atoms with E-state index in [9.17, 15) is 0 Å². The third-order valence-electron chi connectivity index (χ3n) is 4.49. The van der Waals surface area contributed by atoms with E-state index < -0.39 is 0 Å². The van der Waals surface area contributed by atoms with E-state index in [1.54, 1.807) is 7.05 Å². The highest BCUT2D eigenvalue weighted by Crippen LogP contribution is 2.07. The van der Waals surface area contributed by atoms with E-state index >= 15 is 0 Å². The zero-order chi connectivity index (χ0) is 17.3. The Morgan fingerprint density at radius 2 is 1.88 bits per heavy atom. The first-order chi connectivity index (χ1) is 12.3. The molecular weight excluding hydrogens is 312 g/mol. The van der Waals surface area contributed by atoms with Crippen LogP contribution in [0.15, 0.2) is 47.6 Å². The van der Waals surface area contributed by atoms with Crippen LogP contribution in [0.4, 0.5) is 0 Å². The molecular formula is C19H28N6. The van der Waals surface area contributed by atoms with E-state index in [0.717, 1.165) is 30.4 Å². The highest BCUT2D eigenvalue weighted by Gasteiger charge is 2.09. The van der Waals surface area contributed by atoms with E-state index in [2.05, 4.69) is 25.6 Å². The van der Waals surface area contributed by atoms with Crippen molar-refractivity contribution >= 4 is 5.96 Å². The summed E-state index contributed by atoms with van der Waals surface area (Å²) in [7, 11) is 1.80. The summed E-state index contributed by atoms with van der Waals surface area (Å²) in [6.07, 6.45) is 6.02. The fraction of sp³-hybridized carbons (Fsp3) is 0.474.